The number of nitrogens with zero attached hydrogens (tertiary/aromatic N) is 1. The second kappa shape index (κ2) is 7.22. The lowest BCUT2D eigenvalue weighted by molar-refractivity contribution is 0.0951. The zero-order chi connectivity index (χ0) is 17.1. The number of nitrogens with one attached hydrogen (secondary N) is 2. The van der Waals surface area contributed by atoms with E-state index < -0.39 is 0 Å². The first-order chi connectivity index (χ1) is 11.6. The molecule has 128 valence electrons. The summed E-state index contributed by atoms with van der Waals surface area (Å²) in [6.45, 7) is 9.10. The van der Waals surface area contributed by atoms with E-state index in [1.54, 1.807) is 0 Å². The van der Waals surface area contributed by atoms with Gasteiger partial charge in [0, 0.05) is 23.6 Å². The van der Waals surface area contributed by atoms with Crippen molar-refractivity contribution >= 4 is 5.91 Å². The highest BCUT2D eigenvalue weighted by molar-refractivity contribution is 5.95. The predicted octanol–water partition coefficient (Wildman–Crippen LogP) is 3.13. The van der Waals surface area contributed by atoms with Crippen LogP contribution in [0.4, 0.5) is 0 Å². The summed E-state index contributed by atoms with van der Waals surface area (Å²) in [4.78, 5) is 12.6. The Hall–Kier alpha value is -2.07. The minimum Gasteiger partial charge on any atom is -0.352 e. The molecule has 2 aromatic rings. The summed E-state index contributed by atoms with van der Waals surface area (Å²) in [5, 5.41) is 6.46. The van der Waals surface area contributed by atoms with Gasteiger partial charge in [0.05, 0.1) is 5.56 Å². The molecular weight excluding hydrogens is 298 g/mol. The number of amides is 1. The molecule has 0 saturated carbocycles. The van der Waals surface area contributed by atoms with Gasteiger partial charge in [-0.05, 0) is 76.4 Å². The van der Waals surface area contributed by atoms with Crippen LogP contribution in [0.3, 0.4) is 0 Å². The van der Waals surface area contributed by atoms with Crippen molar-refractivity contribution in [2.45, 2.75) is 33.6 Å². The van der Waals surface area contributed by atoms with Crippen LogP contribution < -0.4 is 10.6 Å². The summed E-state index contributed by atoms with van der Waals surface area (Å²) in [5.74, 6) is 0.734. The Morgan fingerprint density at radius 1 is 1.29 bits per heavy atom. The summed E-state index contributed by atoms with van der Waals surface area (Å²) in [7, 11) is 0. The highest BCUT2D eigenvalue weighted by Gasteiger charge is 2.18. The standard InChI is InChI=1S/C20H27N3O/c1-14-5-4-6-18(11-14)23-15(2)12-19(16(23)3)20(24)22-10-8-17-7-9-21-13-17/h4-6,11-12,17,21H,7-10,13H2,1-3H3,(H,22,24). The summed E-state index contributed by atoms with van der Waals surface area (Å²) in [6.07, 6.45) is 2.27. The van der Waals surface area contributed by atoms with Crippen LogP contribution in [0, 0.1) is 26.7 Å². The Morgan fingerprint density at radius 2 is 2.12 bits per heavy atom. The van der Waals surface area contributed by atoms with Crippen molar-refractivity contribution in [2.75, 3.05) is 19.6 Å². The van der Waals surface area contributed by atoms with Gasteiger partial charge < -0.3 is 15.2 Å². The molecule has 1 unspecified atom stereocenters. The van der Waals surface area contributed by atoms with E-state index >= 15 is 0 Å². The number of aromatic nitrogens is 1. The van der Waals surface area contributed by atoms with Gasteiger partial charge in [-0.25, -0.2) is 0 Å². The smallest absolute Gasteiger partial charge is 0.253 e. The topological polar surface area (TPSA) is 46.1 Å². The van der Waals surface area contributed by atoms with Gasteiger partial charge in [0.1, 0.15) is 0 Å². The van der Waals surface area contributed by atoms with E-state index in [2.05, 4.69) is 53.3 Å². The van der Waals surface area contributed by atoms with Gasteiger partial charge in [0.25, 0.3) is 5.91 Å². The lowest BCUT2D eigenvalue weighted by atomic mass is 10.1. The van der Waals surface area contributed by atoms with Crippen molar-refractivity contribution < 1.29 is 4.79 Å². The average Bonchev–Trinajstić information content (AvgIpc) is 3.15. The van der Waals surface area contributed by atoms with Gasteiger partial charge in [-0.15, -0.1) is 0 Å². The molecule has 0 spiro atoms. The fourth-order valence-corrected chi connectivity index (χ4v) is 3.60. The lowest BCUT2D eigenvalue weighted by Gasteiger charge is -2.11. The van der Waals surface area contributed by atoms with Crippen LogP contribution in [0.2, 0.25) is 0 Å². The molecule has 24 heavy (non-hydrogen) atoms. The fourth-order valence-electron chi connectivity index (χ4n) is 3.60. The maximum absolute atomic E-state index is 12.6. The zero-order valence-electron chi connectivity index (χ0n) is 14.9. The number of benzene rings is 1. The maximum Gasteiger partial charge on any atom is 0.253 e. The number of carbonyl (C=O) groups excluding carboxylic acids is 1. The quantitative estimate of drug-likeness (QED) is 0.887. The van der Waals surface area contributed by atoms with E-state index in [-0.39, 0.29) is 5.91 Å². The minimum absolute atomic E-state index is 0.0351. The molecule has 1 aromatic carbocycles. The Labute approximate surface area is 144 Å². The molecule has 1 aliphatic rings. The van der Waals surface area contributed by atoms with E-state index in [9.17, 15) is 4.79 Å². The molecule has 0 radical (unpaired) electrons. The molecular formula is C20H27N3O. The maximum atomic E-state index is 12.6. The van der Waals surface area contributed by atoms with Gasteiger partial charge in [-0.1, -0.05) is 12.1 Å². The second-order valence-electron chi connectivity index (χ2n) is 6.86. The van der Waals surface area contributed by atoms with E-state index in [4.69, 9.17) is 0 Å². The van der Waals surface area contributed by atoms with Crippen LogP contribution in [0.15, 0.2) is 30.3 Å². The molecule has 1 saturated heterocycles. The monoisotopic (exact) mass is 325 g/mol. The minimum atomic E-state index is 0.0351. The van der Waals surface area contributed by atoms with Gasteiger partial charge in [-0.3, -0.25) is 4.79 Å². The Kier molecular flexibility index (Phi) is 5.05. The van der Waals surface area contributed by atoms with Gasteiger partial charge in [0.15, 0.2) is 0 Å². The molecule has 1 fully saturated rings. The van der Waals surface area contributed by atoms with Crippen molar-refractivity contribution in [2.24, 2.45) is 5.92 Å². The number of hydrogen-bond acceptors (Lipinski definition) is 2. The highest BCUT2D eigenvalue weighted by Crippen LogP contribution is 2.21. The zero-order valence-corrected chi connectivity index (χ0v) is 14.9. The van der Waals surface area contributed by atoms with Gasteiger partial charge in [0.2, 0.25) is 0 Å². The highest BCUT2D eigenvalue weighted by atomic mass is 16.1. The third-order valence-corrected chi connectivity index (χ3v) is 4.94. The van der Waals surface area contributed by atoms with E-state index in [0.717, 1.165) is 48.7 Å². The Morgan fingerprint density at radius 3 is 2.83 bits per heavy atom. The summed E-state index contributed by atoms with van der Waals surface area (Å²) in [5.41, 5.74) is 5.19. The SMILES string of the molecule is Cc1cccc(-n2c(C)cc(C(=O)NCCC3CCNC3)c2C)c1. The van der Waals surface area contributed by atoms with Crippen LogP contribution in [0.5, 0.6) is 0 Å². The Balaban J connectivity index is 1.72. The van der Waals surface area contributed by atoms with E-state index in [0.29, 0.717) is 5.92 Å². The third kappa shape index (κ3) is 3.54. The number of aryl methyl sites for hydroxylation is 2. The van der Waals surface area contributed by atoms with Crippen molar-refractivity contribution in [3.05, 3.63) is 52.8 Å². The first kappa shape index (κ1) is 16.8. The average molecular weight is 325 g/mol. The van der Waals surface area contributed by atoms with Crippen molar-refractivity contribution in [3.63, 3.8) is 0 Å². The number of hydrogen-bond donors (Lipinski definition) is 2. The first-order valence-electron chi connectivity index (χ1n) is 8.81. The Bertz CT molecular complexity index is 726. The third-order valence-electron chi connectivity index (χ3n) is 4.94. The van der Waals surface area contributed by atoms with E-state index in [1.165, 1.54) is 12.0 Å². The van der Waals surface area contributed by atoms with Crippen molar-refractivity contribution in [1.82, 2.24) is 15.2 Å². The fraction of sp³-hybridized carbons (Fsp3) is 0.450. The van der Waals surface area contributed by atoms with Crippen LogP contribution in [0.1, 0.15) is 40.2 Å². The molecule has 1 aromatic heterocycles. The summed E-state index contributed by atoms with van der Waals surface area (Å²) >= 11 is 0. The van der Waals surface area contributed by atoms with Crippen LogP contribution in [-0.2, 0) is 0 Å². The first-order valence-corrected chi connectivity index (χ1v) is 8.81. The molecule has 1 aliphatic heterocycles. The summed E-state index contributed by atoms with van der Waals surface area (Å²) < 4.78 is 2.16. The molecule has 0 bridgehead atoms. The van der Waals surface area contributed by atoms with Gasteiger partial charge in [-0.2, -0.15) is 0 Å². The number of rotatable bonds is 5. The lowest BCUT2D eigenvalue weighted by Crippen LogP contribution is -2.26. The summed E-state index contributed by atoms with van der Waals surface area (Å²) in [6, 6.07) is 10.4. The molecule has 4 heteroatoms. The van der Waals surface area contributed by atoms with Crippen LogP contribution >= 0.6 is 0 Å². The van der Waals surface area contributed by atoms with Crippen molar-refractivity contribution in [1.29, 1.82) is 0 Å². The number of carbonyl (C=O) groups is 1. The van der Waals surface area contributed by atoms with Crippen LogP contribution in [0.25, 0.3) is 5.69 Å². The van der Waals surface area contributed by atoms with Crippen molar-refractivity contribution in [3.8, 4) is 5.69 Å². The molecule has 1 atom stereocenters. The molecule has 2 heterocycles. The second-order valence-corrected chi connectivity index (χ2v) is 6.86. The molecule has 1 amide bonds. The normalized spacial score (nSPS) is 17.2. The molecule has 0 aliphatic carbocycles. The molecule has 3 rings (SSSR count). The van der Waals surface area contributed by atoms with Gasteiger partial charge >= 0.3 is 0 Å². The largest absolute Gasteiger partial charge is 0.352 e. The van der Waals surface area contributed by atoms with E-state index in [1.807, 2.05) is 13.0 Å². The van der Waals surface area contributed by atoms with Crippen LogP contribution in [-0.4, -0.2) is 30.1 Å². The predicted molar refractivity (Wildman–Crippen MR) is 97.9 cm³/mol. The molecule has 2 N–H and O–H groups in total. The molecule has 4 nitrogen and oxygen atoms in total.